The molecule has 6 heteroatoms. The predicted molar refractivity (Wildman–Crippen MR) is 316 cm³/mol. The zero-order valence-corrected chi connectivity index (χ0v) is 48.1. The number of nitrogens with zero attached hydrogens (tertiary/aromatic N) is 4. The van der Waals surface area contributed by atoms with Crippen LogP contribution in [0.3, 0.4) is 0 Å². The zero-order chi connectivity index (χ0) is 60.3. The third kappa shape index (κ3) is 10.2. The number of para-hydroxylation sites is 4. The standard InChI is InChI=1S/C71H68N4O.Pt/c1-46-35-66(72-44-61(46)47-23-15-14-16-24-47)75-62-30-18-17-27-59(62)60-34-33-56(43-65(60)75)76-55-26-21-25-54(42-55)73-45-74(64-32-20-19-31-63(64)73)67-57(48-36-50(68(2,3)4)40-51(37-48)69(5,6)7)28-22-29-58(67)49-38-52(70(8,9)10)41-53(39-49)71(11,12)13;/h14-41,44H,1-13H3;/q-2;/i1D3,14D,15D,16D,23D,24D;. The van der Waals surface area contributed by atoms with Gasteiger partial charge in [0.2, 0.25) is 0 Å². The average Bonchev–Trinajstić information content (AvgIpc) is 3.43. The van der Waals surface area contributed by atoms with Gasteiger partial charge in [-0.2, -0.15) is 18.2 Å². The molecule has 0 aliphatic heterocycles. The molecule has 3 aromatic heterocycles. The minimum Gasteiger partial charge on any atom is -0.510 e. The van der Waals surface area contributed by atoms with Crippen LogP contribution in [0.1, 0.15) is 122 Å². The summed E-state index contributed by atoms with van der Waals surface area (Å²) in [7, 11) is 0. The van der Waals surface area contributed by atoms with Crippen molar-refractivity contribution in [3.8, 4) is 62.1 Å². The summed E-state index contributed by atoms with van der Waals surface area (Å²) in [5.74, 6) is 1.00. The van der Waals surface area contributed by atoms with Crippen molar-refractivity contribution < 1.29 is 41.3 Å². The number of aryl methyl sites for hydroxylation is 1. The van der Waals surface area contributed by atoms with E-state index in [1.807, 2.05) is 65.2 Å². The largest absolute Gasteiger partial charge is 0.510 e. The fourth-order valence-corrected chi connectivity index (χ4v) is 10.0. The fourth-order valence-electron chi connectivity index (χ4n) is 10.0. The van der Waals surface area contributed by atoms with Gasteiger partial charge in [0, 0.05) is 54.0 Å². The molecule has 0 amide bonds. The van der Waals surface area contributed by atoms with Crippen molar-refractivity contribution in [3.05, 3.63) is 222 Å². The number of ether oxygens (including phenoxy) is 1. The summed E-state index contributed by atoms with van der Waals surface area (Å²) in [5, 5.41) is 1.66. The van der Waals surface area contributed by atoms with E-state index in [0.29, 0.717) is 22.7 Å². The second-order valence-corrected chi connectivity index (χ2v) is 24.1. The second-order valence-electron chi connectivity index (χ2n) is 24.1. The molecule has 0 aliphatic carbocycles. The molecule has 0 unspecified atom stereocenters. The number of fused-ring (bicyclic) bond motifs is 4. The maximum absolute atomic E-state index is 8.68. The molecule has 0 fully saturated rings. The molecule has 77 heavy (non-hydrogen) atoms. The average molecular weight is 1200 g/mol. The first-order chi connectivity index (χ1) is 39.4. The van der Waals surface area contributed by atoms with Crippen LogP contribution in [0, 0.1) is 25.3 Å². The summed E-state index contributed by atoms with van der Waals surface area (Å²) in [5.41, 5.74) is 13.2. The number of hydrogen-bond donors (Lipinski definition) is 0. The van der Waals surface area contributed by atoms with Gasteiger partial charge in [-0.05, 0) is 107 Å². The third-order valence-corrected chi connectivity index (χ3v) is 14.4. The van der Waals surface area contributed by atoms with Gasteiger partial charge in [-0.25, -0.2) is 4.98 Å². The summed E-state index contributed by atoms with van der Waals surface area (Å²) >= 11 is 0. The first-order valence-electron chi connectivity index (χ1n) is 30.0. The summed E-state index contributed by atoms with van der Waals surface area (Å²) in [6.45, 7) is 24.6. The molecule has 3 heterocycles. The fraction of sp³-hybridized carbons (Fsp3) is 0.239. The summed E-state index contributed by atoms with van der Waals surface area (Å²) < 4.78 is 80.8. The number of aromatic nitrogens is 4. The van der Waals surface area contributed by atoms with E-state index < -0.39 is 37.1 Å². The van der Waals surface area contributed by atoms with Crippen molar-refractivity contribution in [2.24, 2.45) is 0 Å². The van der Waals surface area contributed by atoms with Crippen LogP contribution in [-0.4, -0.2) is 14.1 Å². The molecule has 0 saturated heterocycles. The maximum atomic E-state index is 8.68. The van der Waals surface area contributed by atoms with Crippen LogP contribution in [-0.2, 0) is 42.7 Å². The van der Waals surface area contributed by atoms with Crippen LogP contribution in [0.2, 0.25) is 0 Å². The molecule has 0 aliphatic rings. The van der Waals surface area contributed by atoms with Gasteiger partial charge in [0.25, 0.3) is 6.33 Å². The predicted octanol–water partition coefficient (Wildman–Crippen LogP) is 18.1. The van der Waals surface area contributed by atoms with E-state index in [1.165, 1.54) is 34.5 Å². The first kappa shape index (κ1) is 43.7. The molecule has 0 bridgehead atoms. The molecular weight excluding hydrogens is 1120 g/mol. The smallest absolute Gasteiger partial charge is 0.268 e. The van der Waals surface area contributed by atoms with Crippen molar-refractivity contribution in [2.45, 2.75) is 112 Å². The Labute approximate surface area is 481 Å². The molecule has 390 valence electrons. The van der Waals surface area contributed by atoms with Crippen molar-refractivity contribution in [3.63, 3.8) is 0 Å². The van der Waals surface area contributed by atoms with Crippen LogP contribution in [0.5, 0.6) is 11.5 Å². The van der Waals surface area contributed by atoms with Crippen LogP contribution in [0.15, 0.2) is 176 Å². The summed E-state index contributed by atoms with van der Waals surface area (Å²) in [6.07, 6.45) is 5.14. The minimum atomic E-state index is -2.76. The number of pyridine rings is 1. The number of benzene rings is 8. The van der Waals surface area contributed by atoms with Gasteiger partial charge in [-0.15, -0.1) is 29.7 Å². The van der Waals surface area contributed by atoms with E-state index in [9.17, 15) is 0 Å². The third-order valence-electron chi connectivity index (χ3n) is 14.4. The van der Waals surface area contributed by atoms with Gasteiger partial charge in [-0.3, -0.25) is 4.57 Å². The Balaban J connectivity index is 0.00000803. The first-order valence-corrected chi connectivity index (χ1v) is 26.0. The van der Waals surface area contributed by atoms with Crippen molar-refractivity contribution in [1.29, 1.82) is 0 Å². The maximum Gasteiger partial charge on any atom is 0.268 e. The molecule has 11 aromatic rings. The molecule has 0 spiro atoms. The molecule has 0 N–H and O–H groups in total. The monoisotopic (exact) mass is 1200 g/mol. The van der Waals surface area contributed by atoms with Crippen molar-refractivity contribution in [1.82, 2.24) is 14.1 Å². The molecule has 0 saturated carbocycles. The Bertz CT molecular complexity index is 4260. The van der Waals surface area contributed by atoms with Gasteiger partial charge in [0.1, 0.15) is 5.82 Å². The van der Waals surface area contributed by atoms with Crippen LogP contribution < -0.4 is 9.30 Å². The minimum absolute atomic E-state index is 0. The topological polar surface area (TPSA) is 35.9 Å². The van der Waals surface area contributed by atoms with Gasteiger partial charge in [-0.1, -0.05) is 216 Å². The SMILES string of the molecule is [2H]c1c([2H])c([2H])c(-c2cnc(-n3c4[c-]c(Oc5[c-]c(-n6[c-][n+](-c7c(-c8cc(C(C)(C)C)cc(C(C)(C)C)c8)cccc7-c7cc(C(C)(C)C)cc(C(C)(C)C)c7)c7ccccc76)ccc5)ccc4c4ccccc43)cc2C([2H])([2H])[2H])c([2H])c1[2H].[Pt]. The van der Waals surface area contributed by atoms with Crippen LogP contribution >= 0.6 is 0 Å². The van der Waals surface area contributed by atoms with Crippen molar-refractivity contribution >= 4 is 32.8 Å². The molecule has 8 aromatic carbocycles. The van der Waals surface area contributed by atoms with Gasteiger partial charge in [0.15, 0.2) is 0 Å². The van der Waals surface area contributed by atoms with E-state index in [4.69, 9.17) is 20.7 Å². The Hall–Kier alpha value is -7.33. The Morgan fingerprint density at radius 2 is 1.09 bits per heavy atom. The van der Waals surface area contributed by atoms with E-state index in [0.717, 1.165) is 55.3 Å². The van der Waals surface area contributed by atoms with Gasteiger partial charge < -0.3 is 13.9 Å². The summed E-state index contributed by atoms with van der Waals surface area (Å²) in [6, 6.07) is 52.1. The van der Waals surface area contributed by atoms with Crippen molar-refractivity contribution in [2.75, 3.05) is 0 Å². The molecule has 5 nitrogen and oxygen atoms in total. The molecule has 0 radical (unpaired) electrons. The van der Waals surface area contributed by atoms with Crippen LogP contribution in [0.4, 0.5) is 0 Å². The van der Waals surface area contributed by atoms with E-state index in [-0.39, 0.29) is 65.2 Å². The summed E-state index contributed by atoms with van der Waals surface area (Å²) in [4.78, 5) is 4.74. The Kier molecular flexibility index (Phi) is 11.3. The van der Waals surface area contributed by atoms with Gasteiger partial charge in [0.05, 0.1) is 23.6 Å². The quantitative estimate of drug-likeness (QED) is 0.112. The number of imidazole rings is 1. The van der Waals surface area contributed by atoms with E-state index in [1.54, 1.807) is 4.57 Å². The number of hydrogen-bond acceptors (Lipinski definition) is 2. The van der Waals surface area contributed by atoms with E-state index in [2.05, 4.69) is 179 Å². The normalized spacial score (nSPS) is 14.0. The number of rotatable bonds is 8. The molecular formula is C71H68N4OPt-2. The van der Waals surface area contributed by atoms with Gasteiger partial charge >= 0.3 is 0 Å². The Morgan fingerprint density at radius 1 is 0.532 bits per heavy atom. The molecule has 11 rings (SSSR count). The Morgan fingerprint density at radius 3 is 1.69 bits per heavy atom. The van der Waals surface area contributed by atoms with Crippen LogP contribution in [0.25, 0.3) is 83.4 Å². The molecule has 0 atom stereocenters. The zero-order valence-electron chi connectivity index (χ0n) is 53.9. The van der Waals surface area contributed by atoms with E-state index >= 15 is 0 Å². The second kappa shape index (κ2) is 19.9.